The summed E-state index contributed by atoms with van der Waals surface area (Å²) in [5.41, 5.74) is -0.0997. The van der Waals surface area contributed by atoms with Gasteiger partial charge in [-0.3, -0.25) is 0 Å². The van der Waals surface area contributed by atoms with Gasteiger partial charge in [-0.1, -0.05) is 0 Å². The number of methoxy groups -OCH3 is 1. The summed E-state index contributed by atoms with van der Waals surface area (Å²) in [4.78, 5) is 23.0. The summed E-state index contributed by atoms with van der Waals surface area (Å²) in [6.45, 7) is 6.24. The molecular formula is C16H22BrNO5. The molecule has 0 bridgehead atoms. The van der Waals surface area contributed by atoms with Crippen LogP contribution in [0.4, 0.5) is 4.79 Å². The highest BCUT2D eigenvalue weighted by Crippen LogP contribution is 2.26. The van der Waals surface area contributed by atoms with E-state index in [-0.39, 0.29) is 0 Å². The van der Waals surface area contributed by atoms with Crippen molar-refractivity contribution in [1.29, 1.82) is 0 Å². The van der Waals surface area contributed by atoms with Crippen LogP contribution in [-0.4, -0.2) is 37.9 Å². The summed E-state index contributed by atoms with van der Waals surface area (Å²) in [6.07, 6.45) is 0.153. The molecule has 23 heavy (non-hydrogen) atoms. The van der Waals surface area contributed by atoms with E-state index in [1.165, 1.54) is 7.11 Å². The lowest BCUT2D eigenvalue weighted by Crippen LogP contribution is -2.33. The van der Waals surface area contributed by atoms with Crippen LogP contribution in [0.1, 0.15) is 37.6 Å². The van der Waals surface area contributed by atoms with Crippen LogP contribution in [0.2, 0.25) is 0 Å². The van der Waals surface area contributed by atoms with Crippen LogP contribution in [0.25, 0.3) is 0 Å². The van der Waals surface area contributed by atoms with E-state index in [9.17, 15) is 9.59 Å². The zero-order valence-electron chi connectivity index (χ0n) is 13.8. The first-order chi connectivity index (χ1) is 10.7. The minimum Gasteiger partial charge on any atom is -0.492 e. The highest BCUT2D eigenvalue weighted by molar-refractivity contribution is 9.10. The van der Waals surface area contributed by atoms with Gasteiger partial charge in [0.15, 0.2) is 0 Å². The standard InChI is InChI=1S/C16H22BrNO5/c1-16(2,3)23-15(20)18-8-5-9-22-13-10-11(14(19)21-4)6-7-12(13)17/h6-7,10H,5,8-9H2,1-4H3,(H,18,20). The lowest BCUT2D eigenvalue weighted by molar-refractivity contribution is 0.0524. The first-order valence-corrected chi connectivity index (χ1v) is 8.00. The van der Waals surface area contributed by atoms with E-state index in [1.807, 2.05) is 20.8 Å². The molecule has 1 N–H and O–H groups in total. The van der Waals surface area contributed by atoms with Crippen LogP contribution in [0.3, 0.4) is 0 Å². The van der Waals surface area contributed by atoms with Crippen molar-refractivity contribution in [2.75, 3.05) is 20.3 Å². The number of halogens is 1. The molecule has 0 heterocycles. The third-order valence-corrected chi connectivity index (χ3v) is 3.25. The maximum Gasteiger partial charge on any atom is 0.407 e. The van der Waals surface area contributed by atoms with Gasteiger partial charge in [0, 0.05) is 6.54 Å². The maximum absolute atomic E-state index is 11.5. The third kappa shape index (κ3) is 7.36. The molecule has 0 saturated carbocycles. The number of hydrogen-bond donors (Lipinski definition) is 1. The predicted octanol–water partition coefficient (Wildman–Crippen LogP) is 3.53. The molecule has 1 rings (SSSR count). The maximum atomic E-state index is 11.5. The summed E-state index contributed by atoms with van der Waals surface area (Å²) < 4.78 is 16.1. The summed E-state index contributed by atoms with van der Waals surface area (Å²) in [7, 11) is 1.33. The van der Waals surface area contributed by atoms with E-state index in [0.29, 0.717) is 30.9 Å². The fourth-order valence-electron chi connectivity index (χ4n) is 1.62. The van der Waals surface area contributed by atoms with E-state index in [2.05, 4.69) is 26.0 Å². The van der Waals surface area contributed by atoms with Gasteiger partial charge in [-0.2, -0.15) is 0 Å². The van der Waals surface area contributed by atoms with Crippen molar-refractivity contribution in [3.05, 3.63) is 28.2 Å². The van der Waals surface area contributed by atoms with Gasteiger partial charge >= 0.3 is 12.1 Å². The first kappa shape index (κ1) is 19.3. The number of nitrogens with one attached hydrogen (secondary N) is 1. The summed E-state index contributed by atoms with van der Waals surface area (Å²) in [5.74, 6) is 0.124. The number of alkyl carbamates (subject to hydrolysis) is 1. The number of amides is 1. The van der Waals surface area contributed by atoms with Crippen LogP contribution in [0, 0.1) is 0 Å². The zero-order valence-corrected chi connectivity index (χ0v) is 15.4. The predicted molar refractivity (Wildman–Crippen MR) is 89.8 cm³/mol. The Hall–Kier alpha value is -1.76. The van der Waals surface area contributed by atoms with Crippen molar-refractivity contribution in [2.24, 2.45) is 0 Å². The van der Waals surface area contributed by atoms with E-state index in [1.54, 1.807) is 18.2 Å². The van der Waals surface area contributed by atoms with Crippen LogP contribution in [-0.2, 0) is 9.47 Å². The minimum absolute atomic E-state index is 0.388. The minimum atomic E-state index is -0.514. The smallest absolute Gasteiger partial charge is 0.407 e. The Morgan fingerprint density at radius 2 is 1.96 bits per heavy atom. The van der Waals surface area contributed by atoms with Crippen molar-refractivity contribution < 1.29 is 23.8 Å². The van der Waals surface area contributed by atoms with Gasteiger partial charge in [0.2, 0.25) is 0 Å². The molecule has 0 aliphatic carbocycles. The normalized spacial score (nSPS) is 10.8. The Morgan fingerprint density at radius 1 is 1.26 bits per heavy atom. The van der Waals surface area contributed by atoms with Gasteiger partial charge in [0.1, 0.15) is 11.4 Å². The van der Waals surface area contributed by atoms with Crippen molar-refractivity contribution in [3.8, 4) is 5.75 Å². The average molecular weight is 388 g/mol. The Bertz CT molecular complexity index is 554. The molecule has 0 aliphatic rings. The highest BCUT2D eigenvalue weighted by Gasteiger charge is 2.15. The lowest BCUT2D eigenvalue weighted by Gasteiger charge is -2.19. The molecule has 0 unspecified atom stereocenters. The Labute approximate surface area is 144 Å². The number of hydrogen-bond acceptors (Lipinski definition) is 5. The molecule has 0 saturated heterocycles. The summed E-state index contributed by atoms with van der Waals surface area (Å²) in [5, 5.41) is 2.65. The Balaban J connectivity index is 2.39. The van der Waals surface area contributed by atoms with E-state index < -0.39 is 17.7 Å². The van der Waals surface area contributed by atoms with Gasteiger partial charge in [-0.25, -0.2) is 9.59 Å². The van der Waals surface area contributed by atoms with E-state index >= 15 is 0 Å². The molecule has 7 heteroatoms. The third-order valence-electron chi connectivity index (χ3n) is 2.60. The van der Waals surface area contributed by atoms with Crippen molar-refractivity contribution >= 4 is 28.0 Å². The van der Waals surface area contributed by atoms with Crippen molar-refractivity contribution in [3.63, 3.8) is 0 Å². The van der Waals surface area contributed by atoms with Crippen molar-refractivity contribution in [1.82, 2.24) is 5.32 Å². The second-order valence-corrected chi connectivity index (χ2v) is 6.62. The molecule has 0 fully saturated rings. The molecule has 0 aliphatic heterocycles. The largest absolute Gasteiger partial charge is 0.492 e. The number of carbonyl (C=O) groups is 2. The zero-order chi connectivity index (χ0) is 17.5. The van der Waals surface area contributed by atoms with Gasteiger partial charge in [-0.15, -0.1) is 0 Å². The summed E-state index contributed by atoms with van der Waals surface area (Å²) >= 11 is 3.36. The molecule has 1 amide bonds. The molecule has 0 aromatic heterocycles. The van der Waals surface area contributed by atoms with Gasteiger partial charge < -0.3 is 19.5 Å². The monoisotopic (exact) mass is 387 g/mol. The number of rotatable bonds is 6. The second-order valence-electron chi connectivity index (χ2n) is 5.77. The lowest BCUT2D eigenvalue weighted by atomic mass is 10.2. The number of esters is 1. The Kier molecular flexibility index (Phi) is 7.35. The quantitative estimate of drug-likeness (QED) is 0.596. The van der Waals surface area contributed by atoms with Crippen LogP contribution in [0.5, 0.6) is 5.75 Å². The summed E-state index contributed by atoms with van der Waals surface area (Å²) in [6, 6.07) is 4.98. The molecule has 128 valence electrons. The Morgan fingerprint density at radius 3 is 2.57 bits per heavy atom. The molecule has 1 aromatic rings. The van der Waals surface area contributed by atoms with Crippen LogP contribution < -0.4 is 10.1 Å². The van der Waals surface area contributed by atoms with Gasteiger partial charge in [0.05, 0.1) is 23.8 Å². The van der Waals surface area contributed by atoms with Crippen LogP contribution >= 0.6 is 15.9 Å². The number of benzene rings is 1. The van der Waals surface area contributed by atoms with E-state index in [0.717, 1.165) is 4.47 Å². The van der Waals surface area contributed by atoms with Crippen LogP contribution in [0.15, 0.2) is 22.7 Å². The molecule has 1 aromatic carbocycles. The molecule has 0 atom stereocenters. The van der Waals surface area contributed by atoms with E-state index in [4.69, 9.17) is 9.47 Å². The van der Waals surface area contributed by atoms with Gasteiger partial charge in [0.25, 0.3) is 0 Å². The fourth-order valence-corrected chi connectivity index (χ4v) is 1.98. The average Bonchev–Trinajstić information content (AvgIpc) is 2.46. The second kappa shape index (κ2) is 8.76. The van der Waals surface area contributed by atoms with Gasteiger partial charge in [-0.05, 0) is 61.3 Å². The fraction of sp³-hybridized carbons (Fsp3) is 0.500. The highest BCUT2D eigenvalue weighted by atomic mass is 79.9. The topological polar surface area (TPSA) is 73.9 Å². The molecule has 6 nitrogen and oxygen atoms in total. The number of ether oxygens (including phenoxy) is 3. The molecule has 0 radical (unpaired) electrons. The first-order valence-electron chi connectivity index (χ1n) is 7.20. The van der Waals surface area contributed by atoms with Crippen molar-refractivity contribution in [2.45, 2.75) is 32.8 Å². The molecule has 0 spiro atoms. The SMILES string of the molecule is COC(=O)c1ccc(Br)c(OCCCNC(=O)OC(C)(C)C)c1. The molecular weight excluding hydrogens is 366 g/mol. The number of carbonyl (C=O) groups excluding carboxylic acids is 2.